The first kappa shape index (κ1) is 102. The van der Waals surface area contributed by atoms with E-state index in [1.807, 2.05) is 0 Å². The van der Waals surface area contributed by atoms with Gasteiger partial charge in [-0.05, 0) is 31.6 Å². The molecule has 3 N–H and O–H groups in total. The molecule has 0 aromatic heterocycles. The number of carbonyl (C=O) groups is 4. The van der Waals surface area contributed by atoms with Gasteiger partial charge in [0.2, 0.25) is 0 Å². The predicted molar refractivity (Wildman–Crippen MR) is 428 cm³/mol. The average Bonchev–Trinajstić information content (AvgIpc) is 0.914. The lowest BCUT2D eigenvalue weighted by atomic mass is 9.99. The Labute approximate surface area is 638 Å². The fourth-order valence-electron chi connectivity index (χ4n) is 13.3. The first-order valence-corrected chi connectivity index (χ1v) is 47.2. The van der Waals surface area contributed by atoms with Crippen LogP contribution in [0.25, 0.3) is 0 Å². The highest BCUT2D eigenvalue weighted by Crippen LogP contribution is 2.45. The molecule has 0 aliphatic carbocycles. The minimum atomic E-state index is -4.96. The van der Waals surface area contributed by atoms with E-state index in [1.54, 1.807) is 0 Å². The van der Waals surface area contributed by atoms with Crippen molar-refractivity contribution in [3.8, 4) is 0 Å². The van der Waals surface area contributed by atoms with E-state index in [-0.39, 0.29) is 25.7 Å². The van der Waals surface area contributed by atoms with E-state index in [2.05, 4.69) is 34.6 Å². The van der Waals surface area contributed by atoms with Gasteiger partial charge >= 0.3 is 39.5 Å². The maximum Gasteiger partial charge on any atom is 0.472 e. The standard InChI is InChI=1S/C85H166O17P2/c1-6-10-13-16-19-22-25-28-30-32-34-35-37-39-41-44-50-55-60-65-70-84(89)101-80(74-96-83(88)69-64-59-54-49-43-40-38-36-33-31-29-26-23-20-17-14-11-7-2)76-99-103(91,92)97-72-79(86)73-98-104(93,94)100-77-81(75-95-82(87)68-63-58-53-48-42-27-24-21-18-15-12-8-3)102-85(90)71-66-61-56-51-46-45-47-52-57-62-67-78(5)9-4/h78-81,86H,6-77H2,1-5H3,(H,91,92)(H,93,94)/t78?,79-,80-,81-/m1/s1. The van der Waals surface area contributed by atoms with Crippen LogP contribution in [0.5, 0.6) is 0 Å². The van der Waals surface area contributed by atoms with Gasteiger partial charge in [-0.2, -0.15) is 0 Å². The van der Waals surface area contributed by atoms with Crippen molar-refractivity contribution in [3.05, 3.63) is 0 Å². The number of ether oxygens (including phenoxy) is 4. The third-order valence-corrected chi connectivity index (χ3v) is 22.3. The first-order valence-electron chi connectivity index (χ1n) is 44.2. The average molecular weight is 1520 g/mol. The molecule has 0 saturated heterocycles. The molecule has 0 radical (unpaired) electrons. The van der Waals surface area contributed by atoms with Crippen molar-refractivity contribution in [2.45, 2.75) is 477 Å². The first-order chi connectivity index (χ1) is 50.6. The third kappa shape index (κ3) is 76.8. The van der Waals surface area contributed by atoms with Crippen molar-refractivity contribution in [2.24, 2.45) is 5.92 Å². The molecule has 0 heterocycles. The molecule has 17 nitrogen and oxygen atoms in total. The lowest BCUT2D eigenvalue weighted by Gasteiger charge is -2.21. The summed E-state index contributed by atoms with van der Waals surface area (Å²) in [6.07, 6.45) is 70.7. The highest BCUT2D eigenvalue weighted by atomic mass is 31.2. The fourth-order valence-corrected chi connectivity index (χ4v) is 14.8. The van der Waals surface area contributed by atoms with Gasteiger partial charge in [0.25, 0.3) is 0 Å². The Morgan fingerprint density at radius 2 is 0.462 bits per heavy atom. The number of hydrogen-bond acceptors (Lipinski definition) is 15. The number of phosphoric acid groups is 2. The van der Waals surface area contributed by atoms with Crippen LogP contribution in [0.15, 0.2) is 0 Å². The third-order valence-electron chi connectivity index (χ3n) is 20.4. The van der Waals surface area contributed by atoms with Crippen LogP contribution >= 0.6 is 15.6 Å². The van der Waals surface area contributed by atoms with Gasteiger partial charge in [-0.3, -0.25) is 37.3 Å². The highest BCUT2D eigenvalue weighted by molar-refractivity contribution is 7.47. The molecule has 0 aromatic rings. The Balaban J connectivity index is 5.25. The van der Waals surface area contributed by atoms with Crippen LogP contribution in [0.1, 0.15) is 458 Å². The summed E-state index contributed by atoms with van der Waals surface area (Å²) < 4.78 is 68.9. The molecule has 19 heteroatoms. The Hall–Kier alpha value is -1.94. The van der Waals surface area contributed by atoms with Crippen LogP contribution in [0.3, 0.4) is 0 Å². The molecule has 6 atom stereocenters. The van der Waals surface area contributed by atoms with Crippen molar-refractivity contribution in [2.75, 3.05) is 39.6 Å². The molecule has 0 aromatic carbocycles. The summed E-state index contributed by atoms with van der Waals surface area (Å²) in [5, 5.41) is 10.7. The minimum Gasteiger partial charge on any atom is -0.462 e. The van der Waals surface area contributed by atoms with Gasteiger partial charge in [0.15, 0.2) is 12.2 Å². The molecule has 3 unspecified atom stereocenters. The Morgan fingerprint density at radius 3 is 0.683 bits per heavy atom. The predicted octanol–water partition coefficient (Wildman–Crippen LogP) is 26.0. The van der Waals surface area contributed by atoms with Crippen molar-refractivity contribution in [1.82, 2.24) is 0 Å². The van der Waals surface area contributed by atoms with E-state index >= 15 is 0 Å². The Bertz CT molecular complexity index is 1980. The van der Waals surface area contributed by atoms with Crippen LogP contribution in [0.4, 0.5) is 0 Å². The van der Waals surface area contributed by atoms with Gasteiger partial charge in [0, 0.05) is 25.7 Å². The summed E-state index contributed by atoms with van der Waals surface area (Å²) in [4.78, 5) is 73.2. The molecule has 0 spiro atoms. The van der Waals surface area contributed by atoms with E-state index < -0.39 is 97.5 Å². The number of aliphatic hydroxyl groups is 1. The van der Waals surface area contributed by atoms with Gasteiger partial charge in [0.1, 0.15) is 19.3 Å². The minimum absolute atomic E-state index is 0.107. The van der Waals surface area contributed by atoms with Crippen LogP contribution in [-0.2, 0) is 65.4 Å². The van der Waals surface area contributed by atoms with Gasteiger partial charge in [-0.1, -0.05) is 407 Å². The molecule has 0 amide bonds. The van der Waals surface area contributed by atoms with Crippen LogP contribution in [-0.4, -0.2) is 96.7 Å². The maximum absolute atomic E-state index is 13.1. The second kappa shape index (κ2) is 77.8. The molecule has 0 aliphatic rings. The zero-order valence-corrected chi connectivity index (χ0v) is 70.0. The molecule has 0 saturated carbocycles. The summed E-state index contributed by atoms with van der Waals surface area (Å²) in [5.74, 6) is -1.30. The molecule has 0 fully saturated rings. The summed E-state index contributed by atoms with van der Waals surface area (Å²) in [7, 11) is -9.93. The molecular formula is C85H166O17P2. The van der Waals surface area contributed by atoms with Crippen LogP contribution in [0, 0.1) is 5.92 Å². The Morgan fingerprint density at radius 1 is 0.269 bits per heavy atom. The molecular weight excluding hydrogens is 1350 g/mol. The van der Waals surface area contributed by atoms with Gasteiger partial charge in [0.05, 0.1) is 26.4 Å². The number of carbonyl (C=O) groups excluding carboxylic acids is 4. The van der Waals surface area contributed by atoms with Crippen molar-refractivity contribution >= 4 is 39.5 Å². The molecule has 0 bridgehead atoms. The van der Waals surface area contributed by atoms with Crippen molar-refractivity contribution < 1.29 is 80.2 Å². The van der Waals surface area contributed by atoms with Crippen molar-refractivity contribution in [1.29, 1.82) is 0 Å². The number of phosphoric ester groups is 2. The molecule has 618 valence electrons. The number of esters is 4. The molecule has 0 aliphatic heterocycles. The van der Waals surface area contributed by atoms with Crippen LogP contribution in [0.2, 0.25) is 0 Å². The fraction of sp³-hybridized carbons (Fsp3) is 0.953. The highest BCUT2D eigenvalue weighted by Gasteiger charge is 2.30. The molecule has 0 rings (SSSR count). The summed E-state index contributed by atoms with van der Waals surface area (Å²) in [5.41, 5.74) is 0. The van der Waals surface area contributed by atoms with E-state index in [0.717, 1.165) is 95.8 Å². The number of rotatable bonds is 85. The normalized spacial score (nSPS) is 14.0. The summed E-state index contributed by atoms with van der Waals surface area (Å²) in [6.45, 7) is 7.38. The van der Waals surface area contributed by atoms with E-state index in [9.17, 15) is 43.2 Å². The van der Waals surface area contributed by atoms with Gasteiger partial charge in [-0.25, -0.2) is 9.13 Å². The Kier molecular flexibility index (Phi) is 76.3. The SMILES string of the molecule is CCCCCCCCCCCCCCCCCCCCCCC(=O)O[C@H](COC(=O)CCCCCCCCCCCCCCCCCCCC)COP(=O)(O)OC[C@@H](O)COP(=O)(O)OC[C@@H](COC(=O)CCCCCCCCCCCCCC)OC(=O)CCCCCCCCCCCCC(C)CC. The quantitative estimate of drug-likeness (QED) is 0.0222. The van der Waals surface area contributed by atoms with Gasteiger partial charge in [-0.15, -0.1) is 0 Å². The number of hydrogen-bond donors (Lipinski definition) is 3. The second-order valence-electron chi connectivity index (χ2n) is 30.8. The number of unbranched alkanes of at least 4 members (excludes halogenated alkanes) is 56. The van der Waals surface area contributed by atoms with Crippen LogP contribution < -0.4 is 0 Å². The smallest absolute Gasteiger partial charge is 0.462 e. The summed E-state index contributed by atoms with van der Waals surface area (Å²) >= 11 is 0. The maximum atomic E-state index is 13.1. The summed E-state index contributed by atoms with van der Waals surface area (Å²) in [6, 6.07) is 0. The number of aliphatic hydroxyl groups excluding tert-OH is 1. The van der Waals surface area contributed by atoms with E-state index in [4.69, 9.17) is 37.0 Å². The zero-order valence-electron chi connectivity index (χ0n) is 68.2. The largest absolute Gasteiger partial charge is 0.472 e. The second-order valence-corrected chi connectivity index (χ2v) is 33.7. The molecule has 104 heavy (non-hydrogen) atoms. The van der Waals surface area contributed by atoms with E-state index in [0.29, 0.717) is 25.7 Å². The topological polar surface area (TPSA) is 237 Å². The van der Waals surface area contributed by atoms with E-state index in [1.165, 1.54) is 283 Å². The van der Waals surface area contributed by atoms with Gasteiger partial charge < -0.3 is 33.8 Å². The lowest BCUT2D eigenvalue weighted by Crippen LogP contribution is -2.30. The monoisotopic (exact) mass is 1520 g/mol. The zero-order chi connectivity index (χ0) is 76.2. The lowest BCUT2D eigenvalue weighted by molar-refractivity contribution is -0.161. The van der Waals surface area contributed by atoms with Crippen molar-refractivity contribution in [3.63, 3.8) is 0 Å².